The molecule has 2 aromatic carbocycles. The van der Waals surface area contributed by atoms with Gasteiger partial charge in [-0.25, -0.2) is 4.79 Å². The Morgan fingerprint density at radius 2 is 1.97 bits per heavy atom. The zero-order valence-electron chi connectivity index (χ0n) is 16.0. The van der Waals surface area contributed by atoms with Crippen LogP contribution in [-0.2, 0) is 0 Å². The van der Waals surface area contributed by atoms with Crippen LogP contribution in [0.5, 0.6) is 11.5 Å². The highest BCUT2D eigenvalue weighted by Crippen LogP contribution is 2.28. The lowest BCUT2D eigenvalue weighted by molar-refractivity contribution is 0.0729. The fourth-order valence-corrected chi connectivity index (χ4v) is 2.77. The summed E-state index contributed by atoms with van der Waals surface area (Å²) >= 11 is 0. The molecule has 0 fully saturated rings. The molecule has 0 aliphatic rings. The number of fused-ring (bicyclic) bond motifs is 1. The Morgan fingerprint density at radius 1 is 1.07 bits per heavy atom. The van der Waals surface area contributed by atoms with Gasteiger partial charge in [-0.15, -0.1) is 5.10 Å². The number of esters is 1. The highest BCUT2D eigenvalue weighted by molar-refractivity contribution is 5.92. The van der Waals surface area contributed by atoms with Crippen molar-refractivity contribution in [2.75, 3.05) is 12.5 Å². The Morgan fingerprint density at radius 3 is 2.80 bits per heavy atom. The van der Waals surface area contributed by atoms with Gasteiger partial charge in [-0.1, -0.05) is 24.3 Å². The van der Waals surface area contributed by atoms with Gasteiger partial charge in [-0.3, -0.25) is 10.4 Å². The van der Waals surface area contributed by atoms with Crippen molar-refractivity contribution in [2.45, 2.75) is 0 Å². The molecule has 30 heavy (non-hydrogen) atoms. The fraction of sp³-hybridized carbons (Fsp3) is 0.0455. The number of nitrogens with zero attached hydrogens (tertiary/aromatic N) is 4. The quantitative estimate of drug-likeness (QED) is 0.228. The van der Waals surface area contributed by atoms with Crippen molar-refractivity contribution in [1.29, 1.82) is 0 Å². The second-order valence-electron chi connectivity index (χ2n) is 6.19. The highest BCUT2D eigenvalue weighted by Gasteiger charge is 2.12. The molecular weight excluding hydrogens is 382 g/mol. The molecule has 0 atom stereocenters. The first-order valence-electron chi connectivity index (χ1n) is 9.04. The minimum absolute atomic E-state index is 0.302. The number of hydrogen-bond acceptors (Lipinski definition) is 8. The predicted octanol–water partition coefficient (Wildman–Crippen LogP) is 3.70. The maximum Gasteiger partial charge on any atom is 0.345 e. The van der Waals surface area contributed by atoms with Crippen LogP contribution in [-0.4, -0.2) is 34.5 Å². The molecule has 0 aliphatic carbocycles. The van der Waals surface area contributed by atoms with Crippen LogP contribution in [0.2, 0.25) is 0 Å². The van der Waals surface area contributed by atoms with E-state index >= 15 is 0 Å². The van der Waals surface area contributed by atoms with E-state index < -0.39 is 5.97 Å². The first-order valence-corrected chi connectivity index (χ1v) is 9.04. The zero-order chi connectivity index (χ0) is 20.8. The normalized spacial score (nSPS) is 10.8. The summed E-state index contributed by atoms with van der Waals surface area (Å²) in [6.45, 7) is 0. The van der Waals surface area contributed by atoms with Gasteiger partial charge >= 0.3 is 5.97 Å². The summed E-state index contributed by atoms with van der Waals surface area (Å²) in [5.74, 6) is 0.745. The van der Waals surface area contributed by atoms with Crippen LogP contribution in [0.15, 0.2) is 78.3 Å². The maximum atomic E-state index is 12.2. The standard InChI is InChI=1S/C22H17N5O3/c1-29-20-11-15(8-9-19(20)30-22(28)17-6-4-10-23-13-17)12-24-26-21-18-7-3-2-5-16(18)14-25-27-21/h2-14H,1H3,(H,26,27)/b24-12+. The number of carbonyl (C=O) groups is 1. The van der Waals surface area contributed by atoms with Gasteiger partial charge in [0.05, 0.1) is 25.1 Å². The van der Waals surface area contributed by atoms with E-state index in [1.807, 2.05) is 24.3 Å². The number of rotatable bonds is 6. The van der Waals surface area contributed by atoms with E-state index in [-0.39, 0.29) is 0 Å². The van der Waals surface area contributed by atoms with Gasteiger partial charge in [0, 0.05) is 23.2 Å². The van der Waals surface area contributed by atoms with Crippen molar-refractivity contribution in [3.05, 3.63) is 84.3 Å². The molecule has 4 rings (SSSR count). The lowest BCUT2D eigenvalue weighted by atomic mass is 10.2. The average Bonchev–Trinajstić information content (AvgIpc) is 2.80. The van der Waals surface area contributed by atoms with Crippen molar-refractivity contribution < 1.29 is 14.3 Å². The average molecular weight is 399 g/mol. The third-order valence-corrected chi connectivity index (χ3v) is 4.24. The highest BCUT2D eigenvalue weighted by atomic mass is 16.6. The van der Waals surface area contributed by atoms with E-state index in [2.05, 4.69) is 25.7 Å². The van der Waals surface area contributed by atoms with E-state index in [0.29, 0.717) is 22.9 Å². The van der Waals surface area contributed by atoms with Crippen molar-refractivity contribution >= 4 is 28.8 Å². The second-order valence-corrected chi connectivity index (χ2v) is 6.19. The van der Waals surface area contributed by atoms with Gasteiger partial charge in [0.2, 0.25) is 0 Å². The van der Waals surface area contributed by atoms with Crippen LogP contribution in [0.25, 0.3) is 10.8 Å². The summed E-state index contributed by atoms with van der Waals surface area (Å²) in [4.78, 5) is 16.2. The molecule has 0 unspecified atom stereocenters. The Hall–Kier alpha value is -4.33. The molecular formula is C22H17N5O3. The van der Waals surface area contributed by atoms with Gasteiger partial charge in [0.25, 0.3) is 0 Å². The van der Waals surface area contributed by atoms with E-state index in [0.717, 1.165) is 16.3 Å². The number of benzene rings is 2. The number of aromatic nitrogens is 3. The summed E-state index contributed by atoms with van der Waals surface area (Å²) in [5, 5.41) is 14.2. The number of hydrazone groups is 1. The summed E-state index contributed by atoms with van der Waals surface area (Å²) < 4.78 is 10.8. The van der Waals surface area contributed by atoms with Gasteiger partial charge in [-0.2, -0.15) is 10.2 Å². The zero-order valence-corrected chi connectivity index (χ0v) is 16.0. The van der Waals surface area contributed by atoms with Crippen molar-refractivity contribution in [3.63, 3.8) is 0 Å². The first-order chi connectivity index (χ1) is 14.7. The van der Waals surface area contributed by atoms with Crippen LogP contribution in [0.3, 0.4) is 0 Å². The predicted molar refractivity (Wildman–Crippen MR) is 113 cm³/mol. The largest absolute Gasteiger partial charge is 0.493 e. The van der Waals surface area contributed by atoms with Crippen LogP contribution in [0.4, 0.5) is 5.82 Å². The molecule has 0 bridgehead atoms. The molecule has 8 heteroatoms. The molecule has 148 valence electrons. The van der Waals surface area contributed by atoms with E-state index in [1.165, 1.54) is 13.3 Å². The maximum absolute atomic E-state index is 12.2. The number of carbonyl (C=O) groups excluding carboxylic acids is 1. The Labute approximate surface area is 172 Å². The lowest BCUT2D eigenvalue weighted by Crippen LogP contribution is -2.09. The molecule has 2 heterocycles. The summed E-state index contributed by atoms with van der Waals surface area (Å²) in [6.07, 6.45) is 6.33. The molecule has 0 aliphatic heterocycles. The topological polar surface area (TPSA) is 98.6 Å². The number of hydrogen-bond donors (Lipinski definition) is 1. The number of ether oxygens (including phenoxy) is 2. The van der Waals surface area contributed by atoms with Gasteiger partial charge < -0.3 is 9.47 Å². The van der Waals surface area contributed by atoms with E-state index in [1.54, 1.807) is 48.9 Å². The Balaban J connectivity index is 1.49. The molecule has 0 amide bonds. The smallest absolute Gasteiger partial charge is 0.345 e. The SMILES string of the molecule is COc1cc(/C=N/Nc2nncc3ccccc23)ccc1OC(=O)c1cccnc1. The van der Waals surface area contributed by atoms with E-state index in [9.17, 15) is 4.79 Å². The summed E-state index contributed by atoms with van der Waals surface area (Å²) in [7, 11) is 1.50. The summed E-state index contributed by atoms with van der Waals surface area (Å²) in [5.41, 5.74) is 4.00. The third kappa shape index (κ3) is 4.22. The monoisotopic (exact) mass is 399 g/mol. The van der Waals surface area contributed by atoms with Crippen molar-refractivity contribution in [3.8, 4) is 11.5 Å². The molecule has 1 N–H and O–H groups in total. The molecule has 0 spiro atoms. The first kappa shape index (κ1) is 19.0. The number of nitrogens with one attached hydrogen (secondary N) is 1. The van der Waals surface area contributed by atoms with Crippen LogP contribution in [0.1, 0.15) is 15.9 Å². The van der Waals surface area contributed by atoms with Gasteiger partial charge in [0.15, 0.2) is 17.3 Å². The fourth-order valence-electron chi connectivity index (χ4n) is 2.77. The Bertz CT molecular complexity index is 1210. The summed E-state index contributed by atoms with van der Waals surface area (Å²) in [6, 6.07) is 16.2. The van der Waals surface area contributed by atoms with Crippen molar-refractivity contribution in [2.24, 2.45) is 5.10 Å². The molecule has 2 aromatic heterocycles. The Kier molecular flexibility index (Phi) is 5.56. The van der Waals surface area contributed by atoms with Crippen LogP contribution < -0.4 is 14.9 Å². The molecule has 0 radical (unpaired) electrons. The molecule has 8 nitrogen and oxygen atoms in total. The second kappa shape index (κ2) is 8.78. The minimum atomic E-state index is -0.515. The number of methoxy groups -OCH3 is 1. The van der Waals surface area contributed by atoms with E-state index in [4.69, 9.17) is 9.47 Å². The van der Waals surface area contributed by atoms with Gasteiger partial charge in [-0.05, 0) is 35.9 Å². The van der Waals surface area contributed by atoms with Crippen LogP contribution >= 0.6 is 0 Å². The van der Waals surface area contributed by atoms with Gasteiger partial charge in [0.1, 0.15) is 0 Å². The lowest BCUT2D eigenvalue weighted by Gasteiger charge is -2.09. The molecule has 0 saturated heterocycles. The number of anilines is 1. The van der Waals surface area contributed by atoms with Crippen molar-refractivity contribution in [1.82, 2.24) is 15.2 Å². The number of pyridine rings is 1. The molecule has 0 saturated carbocycles. The minimum Gasteiger partial charge on any atom is -0.493 e. The third-order valence-electron chi connectivity index (χ3n) is 4.24. The molecule has 4 aromatic rings. The van der Waals surface area contributed by atoms with Crippen LogP contribution in [0, 0.1) is 0 Å².